The fourth-order valence-corrected chi connectivity index (χ4v) is 5.76. The van der Waals surface area contributed by atoms with E-state index >= 15 is 4.39 Å². The highest BCUT2D eigenvalue weighted by atomic mass is 35.5. The fraction of sp³-hybridized carbons (Fsp3) is 0.320. The third-order valence-electron chi connectivity index (χ3n) is 5.69. The van der Waals surface area contributed by atoms with Crippen LogP contribution in [-0.4, -0.2) is 50.0 Å². The first kappa shape index (κ1) is 29.6. The van der Waals surface area contributed by atoms with Crippen LogP contribution in [0.1, 0.15) is 5.56 Å². The Morgan fingerprint density at radius 2 is 1.88 bits per heavy atom. The molecule has 0 spiro atoms. The molecule has 40 heavy (non-hydrogen) atoms. The van der Waals surface area contributed by atoms with Crippen molar-refractivity contribution < 1.29 is 31.4 Å². The van der Waals surface area contributed by atoms with Crippen molar-refractivity contribution in [2.24, 2.45) is 0 Å². The van der Waals surface area contributed by atoms with Crippen molar-refractivity contribution in [2.45, 2.75) is 43.9 Å². The minimum atomic E-state index is -4.40. The van der Waals surface area contributed by atoms with Crippen molar-refractivity contribution in [1.82, 2.24) is 19.7 Å². The lowest BCUT2D eigenvalue weighted by Gasteiger charge is -2.15. The van der Waals surface area contributed by atoms with Gasteiger partial charge in [0.05, 0.1) is 24.0 Å². The molecule has 4 rings (SSSR count). The zero-order chi connectivity index (χ0) is 29.1. The number of hydrogen-bond acceptors (Lipinski definition) is 8. The Kier molecular flexibility index (Phi) is 8.92. The summed E-state index contributed by atoms with van der Waals surface area (Å²) in [5, 5.41) is 5.02. The van der Waals surface area contributed by atoms with Gasteiger partial charge in [-0.2, -0.15) is 5.10 Å². The number of nitrogens with one attached hydrogen (secondary N) is 1. The van der Waals surface area contributed by atoms with Gasteiger partial charge < -0.3 is 14.2 Å². The maximum Gasteiger partial charge on any atom is 0.267 e. The number of pyridine rings is 2. The van der Waals surface area contributed by atoms with Gasteiger partial charge in [-0.1, -0.05) is 31.2 Å². The van der Waals surface area contributed by atoms with Crippen molar-refractivity contribution in [3.05, 3.63) is 65.1 Å². The molecule has 3 aromatic heterocycles. The molecule has 0 radical (unpaired) electrons. The van der Waals surface area contributed by atoms with Crippen molar-refractivity contribution >= 4 is 46.4 Å². The van der Waals surface area contributed by atoms with Crippen LogP contribution in [0.3, 0.4) is 0 Å². The largest absolute Gasteiger partial charge is 0.483 e. The van der Waals surface area contributed by atoms with Gasteiger partial charge in [-0.25, -0.2) is 31.8 Å². The smallest absolute Gasteiger partial charge is 0.267 e. The van der Waals surface area contributed by atoms with E-state index in [4.69, 9.17) is 25.8 Å². The summed E-state index contributed by atoms with van der Waals surface area (Å²) in [5.41, 5.74) is 0.574. The first-order valence-electron chi connectivity index (χ1n) is 12.1. The fourth-order valence-electron chi connectivity index (χ4n) is 3.57. The van der Waals surface area contributed by atoms with Gasteiger partial charge in [0.15, 0.2) is 27.9 Å². The summed E-state index contributed by atoms with van der Waals surface area (Å²) in [6.45, 7) is 7.47. The number of ether oxygens (including phenoxy) is 3. The molecule has 10 nitrogen and oxygen atoms in total. The number of hydrogen-bond donors (Lipinski definition) is 1. The van der Waals surface area contributed by atoms with Crippen molar-refractivity contribution in [3.8, 4) is 11.6 Å². The third kappa shape index (κ3) is 7.05. The van der Waals surface area contributed by atoms with Crippen LogP contribution in [0.15, 0.2) is 47.8 Å². The summed E-state index contributed by atoms with van der Waals surface area (Å²) < 4.78 is 75.3. The van der Waals surface area contributed by atoms with E-state index in [1.165, 1.54) is 19.5 Å². The van der Waals surface area contributed by atoms with Crippen molar-refractivity contribution in [1.29, 1.82) is 0 Å². The molecule has 0 aliphatic carbocycles. The summed E-state index contributed by atoms with van der Waals surface area (Å²) in [6, 6.07) is 5.68. The van der Waals surface area contributed by atoms with E-state index in [0.29, 0.717) is 23.2 Å². The zero-order valence-electron chi connectivity index (χ0n) is 22.2. The summed E-state index contributed by atoms with van der Waals surface area (Å²) in [5.74, 6) is -3.27. The molecule has 3 heterocycles. The maximum absolute atomic E-state index is 15.2. The van der Waals surface area contributed by atoms with Gasteiger partial charge in [0.2, 0.25) is 5.88 Å². The average Bonchev–Trinajstić information content (AvgIpc) is 3.30. The molecular formula is C25H28ClF2N5O5SSi. The van der Waals surface area contributed by atoms with Crippen molar-refractivity contribution in [3.63, 3.8) is 0 Å². The number of fused-ring (bicyclic) bond motifs is 1. The van der Waals surface area contributed by atoms with Crippen LogP contribution in [0.5, 0.6) is 11.6 Å². The second-order valence-corrected chi connectivity index (χ2v) is 17.8. The van der Waals surface area contributed by atoms with Gasteiger partial charge in [0.25, 0.3) is 10.0 Å². The number of aromatic nitrogens is 4. The van der Waals surface area contributed by atoms with Crippen LogP contribution >= 0.6 is 11.6 Å². The van der Waals surface area contributed by atoms with Crippen molar-refractivity contribution in [2.75, 3.05) is 18.4 Å². The summed E-state index contributed by atoms with van der Waals surface area (Å²) in [7, 11) is -4.39. The Morgan fingerprint density at radius 1 is 1.10 bits per heavy atom. The summed E-state index contributed by atoms with van der Waals surface area (Å²) >= 11 is 5.87. The molecular weight excluding hydrogens is 584 g/mol. The SMILES string of the molecule is COc1ncc(Cl)cc1S(=O)(=O)Nc1ccc(F)c(OCc2cnc3c(cnn3COCC[Si](C)(C)C)c2)c1F. The van der Waals surface area contributed by atoms with E-state index in [0.717, 1.165) is 24.2 Å². The van der Waals surface area contributed by atoms with Gasteiger partial charge in [0, 0.05) is 38.0 Å². The molecule has 0 amide bonds. The molecule has 0 unspecified atom stereocenters. The first-order valence-corrected chi connectivity index (χ1v) is 17.7. The highest BCUT2D eigenvalue weighted by molar-refractivity contribution is 7.92. The van der Waals surface area contributed by atoms with Crippen LogP contribution in [-0.2, 0) is 28.1 Å². The minimum Gasteiger partial charge on any atom is -0.483 e. The Morgan fingerprint density at radius 3 is 2.60 bits per heavy atom. The van der Waals surface area contributed by atoms with Crippen LogP contribution < -0.4 is 14.2 Å². The average molecular weight is 612 g/mol. The molecule has 4 aromatic rings. The van der Waals surface area contributed by atoms with Gasteiger partial charge in [-0.15, -0.1) is 0 Å². The van der Waals surface area contributed by atoms with E-state index in [2.05, 4.69) is 39.4 Å². The molecule has 15 heteroatoms. The number of halogens is 3. The Hall–Kier alpha value is -3.33. The highest BCUT2D eigenvalue weighted by Crippen LogP contribution is 2.32. The number of methoxy groups -OCH3 is 1. The first-order chi connectivity index (χ1) is 18.9. The Labute approximate surface area is 236 Å². The molecule has 0 aliphatic rings. The normalized spacial score (nSPS) is 12.1. The van der Waals surface area contributed by atoms with Crippen LogP contribution in [0.2, 0.25) is 30.7 Å². The lowest BCUT2D eigenvalue weighted by atomic mass is 10.2. The van der Waals surface area contributed by atoms with E-state index < -0.39 is 46.1 Å². The lowest BCUT2D eigenvalue weighted by molar-refractivity contribution is 0.0813. The minimum absolute atomic E-state index is 0.0236. The predicted octanol–water partition coefficient (Wildman–Crippen LogP) is 5.46. The number of nitrogens with zero attached hydrogens (tertiary/aromatic N) is 4. The number of sulfonamides is 1. The van der Waals surface area contributed by atoms with E-state index in [1.807, 2.05) is 0 Å². The topological polar surface area (TPSA) is 117 Å². The number of benzene rings is 1. The standard InChI is InChI=1S/C25H28ClF2N5O5SSi/c1-36-25-21(10-18(26)13-30-25)39(34,35)32-20-6-5-19(27)23(22(20)28)38-14-16-9-17-12-31-33(24(17)29-11-16)15-37-7-8-40(2,3)4/h5-6,9-13,32H,7-8,14-15H2,1-4H3. The monoisotopic (exact) mass is 611 g/mol. The quantitative estimate of drug-likeness (QED) is 0.166. The number of anilines is 1. The van der Waals surface area contributed by atoms with Gasteiger partial charge >= 0.3 is 0 Å². The number of rotatable bonds is 12. The van der Waals surface area contributed by atoms with Crippen LogP contribution in [0.25, 0.3) is 11.0 Å². The van der Waals surface area contributed by atoms with Gasteiger partial charge in [-0.05, 0) is 30.3 Å². The summed E-state index contributed by atoms with van der Waals surface area (Å²) in [4.78, 5) is 7.77. The molecule has 0 aliphatic heterocycles. The molecule has 1 aromatic carbocycles. The second kappa shape index (κ2) is 12.0. The molecule has 0 fully saturated rings. The molecule has 0 bridgehead atoms. The van der Waals surface area contributed by atoms with E-state index in [9.17, 15) is 12.8 Å². The highest BCUT2D eigenvalue weighted by Gasteiger charge is 2.25. The summed E-state index contributed by atoms with van der Waals surface area (Å²) in [6.07, 6.45) is 4.32. The molecule has 214 valence electrons. The molecule has 1 N–H and O–H groups in total. The zero-order valence-corrected chi connectivity index (χ0v) is 24.8. The van der Waals surface area contributed by atoms with Gasteiger partial charge in [-0.3, -0.25) is 4.72 Å². The van der Waals surface area contributed by atoms with E-state index in [-0.39, 0.29) is 24.2 Å². The molecule has 0 saturated heterocycles. The molecule has 0 atom stereocenters. The van der Waals surface area contributed by atoms with E-state index in [1.54, 1.807) is 16.9 Å². The maximum atomic E-state index is 15.2. The lowest BCUT2D eigenvalue weighted by Crippen LogP contribution is -2.22. The Bertz CT molecular complexity index is 1630. The third-order valence-corrected chi connectivity index (χ3v) is 8.96. The molecule has 0 saturated carbocycles. The predicted molar refractivity (Wildman–Crippen MR) is 149 cm³/mol. The van der Waals surface area contributed by atoms with Crippen LogP contribution in [0, 0.1) is 11.6 Å². The van der Waals surface area contributed by atoms with Crippen LogP contribution in [0.4, 0.5) is 14.5 Å². The Balaban J connectivity index is 1.47. The second-order valence-electron chi connectivity index (χ2n) is 10.0. The van der Waals surface area contributed by atoms with Gasteiger partial charge in [0.1, 0.15) is 13.3 Å².